The van der Waals surface area contributed by atoms with Gasteiger partial charge >= 0.3 is 0 Å². The van der Waals surface area contributed by atoms with E-state index >= 15 is 0 Å². The predicted octanol–water partition coefficient (Wildman–Crippen LogP) is 4.07. The van der Waals surface area contributed by atoms with Crippen LogP contribution in [0.5, 0.6) is 5.75 Å². The first-order valence-corrected chi connectivity index (χ1v) is 7.10. The van der Waals surface area contributed by atoms with Gasteiger partial charge in [0.2, 0.25) is 0 Å². The van der Waals surface area contributed by atoms with Gasteiger partial charge in [-0.15, -0.1) is 0 Å². The Labute approximate surface area is 123 Å². The van der Waals surface area contributed by atoms with Gasteiger partial charge in [-0.2, -0.15) is 0 Å². The van der Waals surface area contributed by atoms with Crippen LogP contribution >= 0.6 is 38.5 Å². The number of nitrogens with zero attached hydrogens (tertiary/aromatic N) is 1. The normalized spacial score (nSPS) is 10.2. The first-order chi connectivity index (χ1) is 8.25. The third-order valence-electron chi connectivity index (χ3n) is 2.26. The van der Waals surface area contributed by atoms with Crippen molar-refractivity contribution in [2.24, 2.45) is 0 Å². The highest BCUT2D eigenvalue weighted by Gasteiger charge is 2.03. The van der Waals surface area contributed by atoms with Gasteiger partial charge in [0.15, 0.2) is 5.75 Å². The van der Waals surface area contributed by atoms with Crippen LogP contribution in [0.2, 0.25) is 0 Å². The maximum atomic E-state index is 5.72. The first kappa shape index (κ1) is 12.8. The van der Waals surface area contributed by atoms with Crippen LogP contribution in [0, 0.1) is 3.70 Å². The number of benzene rings is 1. The third-order valence-corrected chi connectivity index (χ3v) is 3.51. The van der Waals surface area contributed by atoms with Crippen LogP contribution in [0.1, 0.15) is 5.56 Å². The van der Waals surface area contributed by atoms with E-state index in [1.54, 1.807) is 6.20 Å². The second kappa shape index (κ2) is 6.35. The molecule has 0 atom stereocenters. The monoisotopic (exact) mass is 403 g/mol. The maximum Gasteiger partial charge on any atom is 0.152 e. The van der Waals surface area contributed by atoms with Crippen molar-refractivity contribution < 1.29 is 4.74 Å². The average Bonchev–Trinajstić information content (AvgIpc) is 2.35. The fourth-order valence-corrected chi connectivity index (χ4v) is 2.19. The second-order valence-electron chi connectivity index (χ2n) is 3.53. The molecule has 0 aliphatic carbocycles. The Hall–Kier alpha value is -0.620. The van der Waals surface area contributed by atoms with Gasteiger partial charge in [-0.1, -0.05) is 30.3 Å². The summed E-state index contributed by atoms with van der Waals surface area (Å²) in [6.07, 6.45) is 2.68. The molecule has 0 unspecified atom stereocenters. The lowest BCUT2D eigenvalue weighted by Gasteiger charge is -2.07. The molecular formula is C13H11BrINO. The topological polar surface area (TPSA) is 22.1 Å². The van der Waals surface area contributed by atoms with E-state index in [0.29, 0.717) is 6.61 Å². The zero-order chi connectivity index (χ0) is 12.1. The molecule has 1 heterocycles. The standard InChI is InChI=1S/C13H11BrINO/c14-11-8-12(13(15)16-9-11)17-7-6-10-4-2-1-3-5-10/h1-5,8-9H,6-7H2. The van der Waals surface area contributed by atoms with E-state index in [9.17, 15) is 0 Å². The smallest absolute Gasteiger partial charge is 0.152 e. The predicted molar refractivity (Wildman–Crippen MR) is 80.3 cm³/mol. The van der Waals surface area contributed by atoms with Gasteiger partial charge in [0, 0.05) is 17.1 Å². The Morgan fingerprint density at radius 1 is 1.24 bits per heavy atom. The van der Waals surface area contributed by atoms with Crippen molar-refractivity contribution in [3.63, 3.8) is 0 Å². The number of aromatic nitrogens is 1. The van der Waals surface area contributed by atoms with Crippen LogP contribution in [0.3, 0.4) is 0 Å². The molecule has 2 nitrogen and oxygen atoms in total. The van der Waals surface area contributed by atoms with E-state index in [2.05, 4.69) is 55.6 Å². The molecule has 0 aliphatic heterocycles. The zero-order valence-corrected chi connectivity index (χ0v) is 12.8. The lowest BCUT2D eigenvalue weighted by Crippen LogP contribution is -2.03. The Morgan fingerprint density at radius 2 is 2.00 bits per heavy atom. The van der Waals surface area contributed by atoms with Gasteiger partial charge in [0.1, 0.15) is 3.70 Å². The van der Waals surface area contributed by atoms with E-state index in [1.807, 2.05) is 24.3 Å². The van der Waals surface area contributed by atoms with Gasteiger partial charge in [-0.25, -0.2) is 4.98 Å². The molecule has 1 aromatic heterocycles. The summed E-state index contributed by atoms with van der Waals surface area (Å²) < 4.78 is 7.55. The van der Waals surface area contributed by atoms with Crippen LogP contribution in [0.15, 0.2) is 47.1 Å². The molecule has 2 rings (SSSR count). The molecule has 0 saturated carbocycles. The number of rotatable bonds is 4. The SMILES string of the molecule is Brc1cnc(I)c(OCCc2ccccc2)c1. The molecule has 4 heteroatoms. The minimum absolute atomic E-state index is 0.665. The Bertz CT molecular complexity index is 490. The summed E-state index contributed by atoms with van der Waals surface area (Å²) in [5.41, 5.74) is 1.28. The number of pyridine rings is 1. The van der Waals surface area contributed by atoms with E-state index in [4.69, 9.17) is 4.74 Å². The molecule has 0 amide bonds. The van der Waals surface area contributed by atoms with Gasteiger partial charge in [0.05, 0.1) is 6.61 Å². The molecule has 1 aromatic carbocycles. The summed E-state index contributed by atoms with van der Waals surface area (Å²) in [5.74, 6) is 0.830. The summed E-state index contributed by atoms with van der Waals surface area (Å²) >= 11 is 5.56. The van der Waals surface area contributed by atoms with Crippen molar-refractivity contribution in [1.29, 1.82) is 0 Å². The van der Waals surface area contributed by atoms with Crippen molar-refractivity contribution in [1.82, 2.24) is 4.98 Å². The van der Waals surface area contributed by atoms with Crippen molar-refractivity contribution in [2.45, 2.75) is 6.42 Å². The average molecular weight is 404 g/mol. The quantitative estimate of drug-likeness (QED) is 0.567. The van der Waals surface area contributed by atoms with Crippen molar-refractivity contribution >= 4 is 38.5 Å². The minimum Gasteiger partial charge on any atom is -0.490 e. The number of hydrogen-bond acceptors (Lipinski definition) is 2. The first-order valence-electron chi connectivity index (χ1n) is 5.23. The number of hydrogen-bond donors (Lipinski definition) is 0. The molecule has 88 valence electrons. The van der Waals surface area contributed by atoms with Crippen molar-refractivity contribution in [3.8, 4) is 5.75 Å². The van der Waals surface area contributed by atoms with Crippen LogP contribution in [0.4, 0.5) is 0 Å². The fourth-order valence-electron chi connectivity index (χ4n) is 1.43. The highest BCUT2D eigenvalue weighted by molar-refractivity contribution is 14.1. The van der Waals surface area contributed by atoms with E-state index in [1.165, 1.54) is 5.56 Å². The van der Waals surface area contributed by atoms with Gasteiger partial charge in [-0.3, -0.25) is 0 Å². The molecule has 0 spiro atoms. The molecule has 0 radical (unpaired) electrons. The summed E-state index contributed by atoms with van der Waals surface area (Å²) in [4.78, 5) is 4.22. The largest absolute Gasteiger partial charge is 0.490 e. The Kier molecular flexibility index (Phi) is 4.79. The van der Waals surface area contributed by atoms with Gasteiger partial charge in [-0.05, 0) is 50.2 Å². The Morgan fingerprint density at radius 3 is 2.76 bits per heavy atom. The maximum absolute atomic E-state index is 5.72. The number of ether oxygens (including phenoxy) is 1. The molecule has 0 bridgehead atoms. The highest BCUT2D eigenvalue weighted by Crippen LogP contribution is 2.22. The van der Waals surface area contributed by atoms with Crippen LogP contribution < -0.4 is 4.74 Å². The van der Waals surface area contributed by atoms with Crippen molar-refractivity contribution in [2.75, 3.05) is 6.61 Å². The molecule has 0 saturated heterocycles. The molecule has 2 aromatic rings. The number of halogens is 2. The van der Waals surface area contributed by atoms with Crippen LogP contribution in [-0.4, -0.2) is 11.6 Å². The van der Waals surface area contributed by atoms with E-state index < -0.39 is 0 Å². The zero-order valence-electron chi connectivity index (χ0n) is 9.07. The van der Waals surface area contributed by atoms with E-state index in [-0.39, 0.29) is 0 Å². The second-order valence-corrected chi connectivity index (χ2v) is 5.46. The van der Waals surface area contributed by atoms with Crippen LogP contribution in [-0.2, 0) is 6.42 Å². The van der Waals surface area contributed by atoms with Crippen molar-refractivity contribution in [3.05, 3.63) is 56.3 Å². The van der Waals surface area contributed by atoms with E-state index in [0.717, 1.165) is 20.3 Å². The fraction of sp³-hybridized carbons (Fsp3) is 0.154. The third kappa shape index (κ3) is 3.96. The molecule has 17 heavy (non-hydrogen) atoms. The molecule has 0 fully saturated rings. The summed E-state index contributed by atoms with van der Waals surface area (Å²) in [6, 6.07) is 12.3. The highest BCUT2D eigenvalue weighted by atomic mass is 127. The van der Waals surface area contributed by atoms with Crippen LogP contribution in [0.25, 0.3) is 0 Å². The van der Waals surface area contributed by atoms with Gasteiger partial charge in [0.25, 0.3) is 0 Å². The van der Waals surface area contributed by atoms with Gasteiger partial charge < -0.3 is 4.74 Å². The minimum atomic E-state index is 0.665. The molecular weight excluding hydrogens is 393 g/mol. The lowest BCUT2D eigenvalue weighted by molar-refractivity contribution is 0.318. The summed E-state index contributed by atoms with van der Waals surface area (Å²) in [5, 5.41) is 0. The Balaban J connectivity index is 1.92. The summed E-state index contributed by atoms with van der Waals surface area (Å²) in [7, 11) is 0. The molecule has 0 aliphatic rings. The molecule has 0 N–H and O–H groups in total. The summed E-state index contributed by atoms with van der Waals surface area (Å²) in [6.45, 7) is 0.665. The lowest BCUT2D eigenvalue weighted by atomic mass is 10.2.